The predicted molar refractivity (Wildman–Crippen MR) is 135 cm³/mol. The zero-order valence-electron chi connectivity index (χ0n) is 18.8. The van der Waals surface area contributed by atoms with Crippen LogP contribution in [0.2, 0.25) is 0 Å². The molecule has 0 unspecified atom stereocenters. The first-order chi connectivity index (χ1) is 16.0. The van der Waals surface area contributed by atoms with Crippen molar-refractivity contribution in [3.8, 4) is 0 Å². The van der Waals surface area contributed by atoms with Crippen LogP contribution in [0.3, 0.4) is 0 Å². The van der Waals surface area contributed by atoms with E-state index >= 15 is 0 Å². The van der Waals surface area contributed by atoms with E-state index in [1.54, 1.807) is 0 Å². The van der Waals surface area contributed by atoms with Crippen LogP contribution in [0.25, 0.3) is 21.9 Å². The Hall–Kier alpha value is -2.78. The third-order valence-electron chi connectivity index (χ3n) is 7.08. The Kier molecular flexibility index (Phi) is 4.99. The molecule has 6 rings (SSSR count). The van der Waals surface area contributed by atoms with Crippen LogP contribution in [0.5, 0.6) is 0 Å². The van der Waals surface area contributed by atoms with Gasteiger partial charge in [-0.15, -0.1) is 0 Å². The summed E-state index contributed by atoms with van der Waals surface area (Å²) in [6, 6.07) is 6.44. The number of hydrogen-bond acceptors (Lipinski definition) is 7. The van der Waals surface area contributed by atoms with Crippen LogP contribution < -0.4 is 15.5 Å². The van der Waals surface area contributed by atoms with Crippen molar-refractivity contribution in [3.63, 3.8) is 0 Å². The molecule has 8 nitrogen and oxygen atoms in total. The van der Waals surface area contributed by atoms with Crippen LogP contribution in [-0.2, 0) is 0 Å². The lowest BCUT2D eigenvalue weighted by atomic mass is 9.73. The molecule has 0 atom stereocenters. The Labute approximate surface area is 201 Å². The number of rotatable bonds is 4. The Balaban J connectivity index is 1.25. The lowest BCUT2D eigenvalue weighted by molar-refractivity contribution is 0.126. The molecular formula is C24H27BrN8. The molecule has 4 aromatic rings. The largest absolute Gasteiger partial charge is 0.370 e. The Morgan fingerprint density at radius 2 is 1.88 bits per heavy atom. The number of fused-ring (bicyclic) bond motifs is 3. The van der Waals surface area contributed by atoms with Gasteiger partial charge in [0.15, 0.2) is 0 Å². The van der Waals surface area contributed by atoms with Crippen molar-refractivity contribution in [2.75, 3.05) is 36.4 Å². The van der Waals surface area contributed by atoms with Gasteiger partial charge in [0.2, 0.25) is 5.95 Å². The summed E-state index contributed by atoms with van der Waals surface area (Å²) in [5, 5.41) is 7.67. The van der Waals surface area contributed by atoms with Gasteiger partial charge in [0, 0.05) is 48.3 Å². The molecule has 3 aromatic heterocycles. The summed E-state index contributed by atoms with van der Waals surface area (Å²) < 4.78 is 3.09. The molecule has 0 aliphatic carbocycles. The Morgan fingerprint density at radius 3 is 2.55 bits per heavy atom. The summed E-state index contributed by atoms with van der Waals surface area (Å²) in [7, 11) is 0. The maximum atomic E-state index is 4.84. The van der Waals surface area contributed by atoms with E-state index in [9.17, 15) is 0 Å². The summed E-state index contributed by atoms with van der Waals surface area (Å²) in [4.78, 5) is 21.0. The zero-order valence-corrected chi connectivity index (χ0v) is 20.4. The highest BCUT2D eigenvalue weighted by molar-refractivity contribution is 9.10. The summed E-state index contributed by atoms with van der Waals surface area (Å²) in [5.74, 6) is 1.26. The van der Waals surface area contributed by atoms with E-state index in [0.717, 1.165) is 45.3 Å². The number of pyridine rings is 1. The van der Waals surface area contributed by atoms with E-state index in [0.29, 0.717) is 11.4 Å². The average Bonchev–Trinajstić information content (AvgIpc) is 3.26. The third-order valence-corrected chi connectivity index (χ3v) is 7.68. The van der Waals surface area contributed by atoms with Gasteiger partial charge in [0.25, 0.3) is 0 Å². The number of halogens is 1. The number of nitrogens with one attached hydrogen (secondary N) is 2. The number of piperidine rings is 1. The van der Waals surface area contributed by atoms with Crippen LogP contribution in [0.4, 0.5) is 17.5 Å². The maximum absolute atomic E-state index is 4.84. The molecule has 0 bridgehead atoms. The van der Waals surface area contributed by atoms with E-state index in [1.165, 1.54) is 31.6 Å². The molecule has 1 spiro atoms. The third kappa shape index (κ3) is 3.63. The number of imidazole rings is 1. The molecular weight excluding hydrogens is 480 g/mol. The van der Waals surface area contributed by atoms with Gasteiger partial charge in [-0.05, 0) is 66.2 Å². The van der Waals surface area contributed by atoms with E-state index in [4.69, 9.17) is 4.98 Å². The lowest BCUT2D eigenvalue weighted by Gasteiger charge is -2.48. The molecule has 2 N–H and O–H groups in total. The van der Waals surface area contributed by atoms with Gasteiger partial charge >= 0.3 is 0 Å². The second-order valence-corrected chi connectivity index (χ2v) is 10.4. The minimum absolute atomic E-state index is 0.276. The summed E-state index contributed by atoms with van der Waals surface area (Å²) in [5.41, 5.74) is 4.51. The molecule has 0 radical (unpaired) electrons. The molecule has 170 valence electrons. The van der Waals surface area contributed by atoms with Crippen molar-refractivity contribution in [3.05, 3.63) is 41.4 Å². The van der Waals surface area contributed by atoms with Crippen LogP contribution in [0.1, 0.15) is 32.7 Å². The topological polar surface area (TPSA) is 83.8 Å². The van der Waals surface area contributed by atoms with Crippen LogP contribution in [0.15, 0.2) is 41.4 Å². The molecule has 5 heterocycles. The molecule has 0 amide bonds. The van der Waals surface area contributed by atoms with Crippen molar-refractivity contribution < 1.29 is 0 Å². The van der Waals surface area contributed by atoms with E-state index in [-0.39, 0.29) is 6.04 Å². The molecule has 2 aliphatic heterocycles. The highest BCUT2D eigenvalue weighted by atomic mass is 79.9. The minimum atomic E-state index is 0.276. The van der Waals surface area contributed by atoms with Crippen molar-refractivity contribution in [2.24, 2.45) is 5.41 Å². The van der Waals surface area contributed by atoms with Gasteiger partial charge in [-0.3, -0.25) is 0 Å². The fourth-order valence-corrected chi connectivity index (χ4v) is 5.48. The molecule has 33 heavy (non-hydrogen) atoms. The van der Waals surface area contributed by atoms with Crippen molar-refractivity contribution >= 4 is 55.3 Å². The highest BCUT2D eigenvalue weighted by Gasteiger charge is 2.39. The predicted octanol–water partition coefficient (Wildman–Crippen LogP) is 4.65. The minimum Gasteiger partial charge on any atom is -0.370 e. The maximum Gasteiger partial charge on any atom is 0.228 e. The summed E-state index contributed by atoms with van der Waals surface area (Å²) >= 11 is 3.64. The van der Waals surface area contributed by atoms with Crippen molar-refractivity contribution in [1.82, 2.24) is 29.8 Å². The molecule has 2 saturated heterocycles. The number of aromatic nitrogens is 5. The SMILES string of the molecule is CC(C)n1cnc2c(Br)cc3cnc(Nc4ccc(N5CCC6(CC5)CNC6)cn4)nc3c21. The van der Waals surface area contributed by atoms with Gasteiger partial charge in [-0.1, -0.05) is 0 Å². The number of anilines is 3. The number of nitrogens with zero attached hydrogens (tertiary/aromatic N) is 6. The summed E-state index contributed by atoms with van der Waals surface area (Å²) in [6.07, 6.45) is 8.17. The molecule has 0 saturated carbocycles. The quantitative estimate of drug-likeness (QED) is 0.416. The fourth-order valence-electron chi connectivity index (χ4n) is 4.95. The van der Waals surface area contributed by atoms with Crippen molar-refractivity contribution in [1.29, 1.82) is 0 Å². The zero-order chi connectivity index (χ0) is 22.6. The van der Waals surface area contributed by atoms with E-state index in [2.05, 4.69) is 70.9 Å². The standard InChI is InChI=1S/C24H27BrN8/c1-15(2)33-14-29-21-18(25)9-16-10-28-23(31-20(16)22(21)33)30-19-4-3-17(11-27-19)32-7-5-24(6-8-32)12-26-13-24/h3-4,9-11,14-15,26H,5-8,12-13H2,1-2H3,(H,27,28,30,31). The molecule has 2 aliphatic rings. The first-order valence-electron chi connectivity index (χ1n) is 11.5. The van der Waals surface area contributed by atoms with Crippen LogP contribution in [0, 0.1) is 5.41 Å². The molecule has 1 aromatic carbocycles. The van der Waals surface area contributed by atoms with Gasteiger partial charge in [0.05, 0.1) is 23.7 Å². The Bertz CT molecular complexity index is 1320. The van der Waals surface area contributed by atoms with E-state index < -0.39 is 0 Å². The number of benzene rings is 1. The molecule has 9 heteroatoms. The van der Waals surface area contributed by atoms with Crippen molar-refractivity contribution in [2.45, 2.75) is 32.7 Å². The smallest absolute Gasteiger partial charge is 0.228 e. The van der Waals surface area contributed by atoms with Gasteiger partial charge < -0.3 is 20.1 Å². The molecule has 2 fully saturated rings. The highest BCUT2D eigenvalue weighted by Crippen LogP contribution is 2.36. The fraction of sp³-hybridized carbons (Fsp3) is 0.417. The normalized spacial score (nSPS) is 17.8. The van der Waals surface area contributed by atoms with Crippen LogP contribution >= 0.6 is 15.9 Å². The lowest BCUT2D eigenvalue weighted by Crippen LogP contribution is -2.58. The second-order valence-electron chi connectivity index (χ2n) is 9.55. The van der Waals surface area contributed by atoms with Gasteiger partial charge in [0.1, 0.15) is 16.9 Å². The monoisotopic (exact) mass is 506 g/mol. The van der Waals surface area contributed by atoms with Gasteiger partial charge in [-0.25, -0.2) is 19.9 Å². The van der Waals surface area contributed by atoms with E-state index in [1.807, 2.05) is 30.9 Å². The Morgan fingerprint density at radius 1 is 1.06 bits per heavy atom. The van der Waals surface area contributed by atoms with Gasteiger partial charge in [-0.2, -0.15) is 0 Å². The average molecular weight is 507 g/mol. The second kappa shape index (κ2) is 7.92. The first-order valence-corrected chi connectivity index (χ1v) is 12.3. The number of hydrogen-bond donors (Lipinski definition) is 2. The first kappa shape index (κ1) is 20.8. The summed E-state index contributed by atoms with van der Waals surface area (Å²) in [6.45, 7) is 8.83. The van der Waals surface area contributed by atoms with Crippen LogP contribution in [-0.4, -0.2) is 50.7 Å².